The van der Waals surface area contributed by atoms with Crippen LogP contribution in [0.3, 0.4) is 0 Å². The summed E-state index contributed by atoms with van der Waals surface area (Å²) in [6, 6.07) is 0. The maximum atomic E-state index is 5.40. The molecule has 0 radical (unpaired) electrons. The van der Waals surface area contributed by atoms with Crippen LogP contribution in [0.25, 0.3) is 0 Å². The minimum absolute atomic E-state index is 0.773. The van der Waals surface area contributed by atoms with Crippen molar-refractivity contribution in [2.24, 2.45) is 5.73 Å². The quantitative estimate of drug-likeness (QED) is 0.675. The fourth-order valence-corrected chi connectivity index (χ4v) is 1.31. The molecular formula is C10H19N3O. The lowest BCUT2D eigenvalue weighted by Crippen LogP contribution is -1.97. The lowest BCUT2D eigenvalue weighted by atomic mass is 10.1. The van der Waals surface area contributed by atoms with Crippen molar-refractivity contribution in [1.29, 1.82) is 0 Å². The van der Waals surface area contributed by atoms with E-state index in [-0.39, 0.29) is 0 Å². The number of nitrogens with zero attached hydrogens (tertiary/aromatic N) is 2. The molecule has 0 aliphatic heterocycles. The lowest BCUT2D eigenvalue weighted by Gasteiger charge is -1.95. The topological polar surface area (TPSA) is 64.9 Å². The first kappa shape index (κ1) is 11.2. The van der Waals surface area contributed by atoms with Crippen LogP contribution >= 0.6 is 0 Å². The van der Waals surface area contributed by atoms with E-state index in [0.717, 1.165) is 43.9 Å². The summed E-state index contributed by atoms with van der Waals surface area (Å²) in [5.74, 6) is 1.58. The Labute approximate surface area is 84.9 Å². The predicted molar refractivity (Wildman–Crippen MR) is 54.9 cm³/mol. The molecule has 0 saturated carbocycles. The zero-order chi connectivity index (χ0) is 10.2. The Morgan fingerprint density at radius 2 is 2.00 bits per heavy atom. The van der Waals surface area contributed by atoms with E-state index in [1.165, 1.54) is 12.8 Å². The van der Waals surface area contributed by atoms with Gasteiger partial charge in [0.1, 0.15) is 0 Å². The molecule has 0 aliphatic rings. The normalized spacial score (nSPS) is 10.7. The van der Waals surface area contributed by atoms with E-state index in [1.807, 2.05) is 6.92 Å². The average Bonchev–Trinajstić information content (AvgIpc) is 2.65. The van der Waals surface area contributed by atoms with Crippen molar-refractivity contribution in [2.45, 2.75) is 45.4 Å². The van der Waals surface area contributed by atoms with Gasteiger partial charge in [-0.2, -0.15) is 4.98 Å². The molecule has 0 spiro atoms. The first-order valence-electron chi connectivity index (χ1n) is 5.38. The first-order chi connectivity index (χ1) is 6.86. The van der Waals surface area contributed by atoms with Crippen molar-refractivity contribution in [3.63, 3.8) is 0 Å². The van der Waals surface area contributed by atoms with Crippen LogP contribution in [-0.2, 0) is 12.8 Å². The molecule has 1 heterocycles. The zero-order valence-electron chi connectivity index (χ0n) is 8.83. The molecule has 0 aliphatic carbocycles. The van der Waals surface area contributed by atoms with E-state index < -0.39 is 0 Å². The molecule has 1 aromatic rings. The SMILES string of the molecule is CCc1noc(CCCCCCN)n1. The monoisotopic (exact) mass is 197 g/mol. The van der Waals surface area contributed by atoms with Gasteiger partial charge in [0, 0.05) is 12.8 Å². The van der Waals surface area contributed by atoms with Crippen molar-refractivity contribution in [3.05, 3.63) is 11.7 Å². The number of unbranched alkanes of at least 4 members (excludes halogenated alkanes) is 3. The van der Waals surface area contributed by atoms with Gasteiger partial charge >= 0.3 is 0 Å². The molecule has 0 atom stereocenters. The summed E-state index contributed by atoms with van der Waals surface area (Å²) in [6.07, 6.45) is 6.37. The van der Waals surface area contributed by atoms with Gasteiger partial charge in [-0.05, 0) is 19.4 Å². The molecule has 0 fully saturated rings. The summed E-state index contributed by atoms with van der Waals surface area (Å²) in [7, 11) is 0. The molecule has 2 N–H and O–H groups in total. The summed E-state index contributed by atoms with van der Waals surface area (Å²) in [6.45, 7) is 2.82. The van der Waals surface area contributed by atoms with Crippen molar-refractivity contribution in [1.82, 2.24) is 10.1 Å². The molecule has 0 aromatic carbocycles. The van der Waals surface area contributed by atoms with E-state index >= 15 is 0 Å². The van der Waals surface area contributed by atoms with Crippen molar-refractivity contribution >= 4 is 0 Å². The smallest absolute Gasteiger partial charge is 0.226 e. The zero-order valence-corrected chi connectivity index (χ0v) is 8.83. The Morgan fingerprint density at radius 1 is 1.21 bits per heavy atom. The highest BCUT2D eigenvalue weighted by Crippen LogP contribution is 2.06. The summed E-state index contributed by atoms with van der Waals surface area (Å²) in [5, 5.41) is 3.84. The molecule has 0 saturated heterocycles. The number of rotatable bonds is 7. The Morgan fingerprint density at radius 3 is 2.64 bits per heavy atom. The minimum atomic E-state index is 0.773. The third-order valence-corrected chi connectivity index (χ3v) is 2.17. The number of aryl methyl sites for hydroxylation is 2. The average molecular weight is 197 g/mol. The van der Waals surface area contributed by atoms with Gasteiger partial charge in [-0.3, -0.25) is 0 Å². The molecule has 14 heavy (non-hydrogen) atoms. The van der Waals surface area contributed by atoms with Crippen LogP contribution in [0.15, 0.2) is 4.52 Å². The summed E-state index contributed by atoms with van der Waals surface area (Å²) >= 11 is 0. The number of aromatic nitrogens is 2. The number of hydrogen-bond acceptors (Lipinski definition) is 4. The van der Waals surface area contributed by atoms with Crippen molar-refractivity contribution in [2.75, 3.05) is 6.54 Å². The van der Waals surface area contributed by atoms with E-state index in [2.05, 4.69) is 10.1 Å². The van der Waals surface area contributed by atoms with Gasteiger partial charge in [0.25, 0.3) is 0 Å². The Bertz CT molecular complexity index is 247. The fraction of sp³-hybridized carbons (Fsp3) is 0.800. The molecule has 1 rings (SSSR count). The van der Waals surface area contributed by atoms with Gasteiger partial charge < -0.3 is 10.3 Å². The van der Waals surface area contributed by atoms with E-state index in [9.17, 15) is 0 Å². The lowest BCUT2D eigenvalue weighted by molar-refractivity contribution is 0.369. The van der Waals surface area contributed by atoms with Crippen LogP contribution in [-0.4, -0.2) is 16.7 Å². The second-order valence-electron chi connectivity index (χ2n) is 3.41. The summed E-state index contributed by atoms with van der Waals surface area (Å²) in [5.41, 5.74) is 5.40. The summed E-state index contributed by atoms with van der Waals surface area (Å²) < 4.78 is 5.08. The third-order valence-electron chi connectivity index (χ3n) is 2.17. The largest absolute Gasteiger partial charge is 0.339 e. The second-order valence-corrected chi connectivity index (χ2v) is 3.41. The van der Waals surface area contributed by atoms with Gasteiger partial charge in [0.05, 0.1) is 0 Å². The maximum Gasteiger partial charge on any atom is 0.226 e. The predicted octanol–water partition coefficient (Wildman–Crippen LogP) is 1.69. The maximum absolute atomic E-state index is 5.40. The van der Waals surface area contributed by atoms with Gasteiger partial charge in [-0.15, -0.1) is 0 Å². The van der Waals surface area contributed by atoms with Crippen LogP contribution in [0.5, 0.6) is 0 Å². The van der Waals surface area contributed by atoms with E-state index in [4.69, 9.17) is 10.3 Å². The Hall–Kier alpha value is -0.900. The first-order valence-corrected chi connectivity index (χ1v) is 5.38. The van der Waals surface area contributed by atoms with Crippen LogP contribution in [0.4, 0.5) is 0 Å². The van der Waals surface area contributed by atoms with Crippen LogP contribution in [0.1, 0.15) is 44.3 Å². The highest BCUT2D eigenvalue weighted by atomic mass is 16.5. The summed E-state index contributed by atoms with van der Waals surface area (Å²) in [4.78, 5) is 4.24. The van der Waals surface area contributed by atoms with Crippen LogP contribution < -0.4 is 5.73 Å². The Balaban J connectivity index is 2.12. The minimum Gasteiger partial charge on any atom is -0.339 e. The van der Waals surface area contributed by atoms with Crippen LogP contribution in [0.2, 0.25) is 0 Å². The molecule has 80 valence electrons. The molecule has 0 bridgehead atoms. The van der Waals surface area contributed by atoms with Gasteiger partial charge in [0.2, 0.25) is 5.89 Å². The fourth-order valence-electron chi connectivity index (χ4n) is 1.31. The Kier molecular flexibility index (Phi) is 5.22. The highest BCUT2D eigenvalue weighted by Gasteiger charge is 2.03. The molecule has 1 aromatic heterocycles. The van der Waals surface area contributed by atoms with E-state index in [0.29, 0.717) is 0 Å². The van der Waals surface area contributed by atoms with Gasteiger partial charge in [0.15, 0.2) is 5.82 Å². The van der Waals surface area contributed by atoms with E-state index in [1.54, 1.807) is 0 Å². The number of hydrogen-bond donors (Lipinski definition) is 1. The standard InChI is InChI=1S/C10H19N3O/c1-2-9-12-10(14-13-9)7-5-3-4-6-8-11/h2-8,11H2,1H3. The highest BCUT2D eigenvalue weighted by molar-refractivity contribution is 4.85. The van der Waals surface area contributed by atoms with Crippen LogP contribution in [0, 0.1) is 0 Å². The third kappa shape index (κ3) is 3.87. The molecular weight excluding hydrogens is 178 g/mol. The molecule has 0 amide bonds. The van der Waals surface area contributed by atoms with Gasteiger partial charge in [-0.1, -0.05) is 24.9 Å². The van der Waals surface area contributed by atoms with Crippen molar-refractivity contribution < 1.29 is 4.52 Å². The molecule has 0 unspecified atom stereocenters. The number of nitrogens with two attached hydrogens (primary N) is 1. The second kappa shape index (κ2) is 6.54. The molecule has 4 heteroatoms. The van der Waals surface area contributed by atoms with Gasteiger partial charge in [-0.25, -0.2) is 0 Å². The molecule has 4 nitrogen and oxygen atoms in total. The van der Waals surface area contributed by atoms with Crippen molar-refractivity contribution in [3.8, 4) is 0 Å².